The molecule has 0 aliphatic rings. The van der Waals surface area contributed by atoms with E-state index < -0.39 is 0 Å². The van der Waals surface area contributed by atoms with Gasteiger partial charge in [-0.2, -0.15) is 0 Å². The zero-order chi connectivity index (χ0) is 20.3. The number of hydrogen-bond acceptors (Lipinski definition) is 2. The molecule has 1 atom stereocenters. The van der Waals surface area contributed by atoms with E-state index >= 15 is 0 Å². The quantitative estimate of drug-likeness (QED) is 0.429. The van der Waals surface area contributed by atoms with Gasteiger partial charge < -0.3 is 15.2 Å². The third-order valence-corrected chi connectivity index (χ3v) is 4.81. The standard InChI is InChI=1S/C24H31N5/c1-3-25-24(28-20(2)14-15-21-10-6-4-7-11-21)27-18-23-26-16-17-29(23)19-22-12-8-5-9-13-22/h4-13,16-17,20H,3,14-15,18-19H2,1-2H3,(H2,25,27,28). The molecule has 152 valence electrons. The number of nitrogens with one attached hydrogen (secondary N) is 2. The molecule has 0 bridgehead atoms. The van der Waals surface area contributed by atoms with Gasteiger partial charge in [-0.25, -0.2) is 9.98 Å². The van der Waals surface area contributed by atoms with Crippen LogP contribution in [-0.4, -0.2) is 28.1 Å². The average Bonchev–Trinajstić information content (AvgIpc) is 3.19. The molecule has 3 rings (SSSR count). The highest BCUT2D eigenvalue weighted by atomic mass is 15.2. The van der Waals surface area contributed by atoms with Crippen molar-refractivity contribution >= 4 is 5.96 Å². The van der Waals surface area contributed by atoms with Crippen molar-refractivity contribution in [2.45, 2.75) is 45.8 Å². The van der Waals surface area contributed by atoms with Gasteiger partial charge in [-0.15, -0.1) is 0 Å². The highest BCUT2D eigenvalue weighted by molar-refractivity contribution is 5.79. The average molecular weight is 390 g/mol. The first kappa shape index (κ1) is 20.6. The molecule has 1 unspecified atom stereocenters. The second-order valence-electron chi connectivity index (χ2n) is 7.22. The minimum absolute atomic E-state index is 0.331. The number of hydrogen-bond donors (Lipinski definition) is 2. The lowest BCUT2D eigenvalue weighted by atomic mass is 10.1. The molecule has 0 spiro atoms. The van der Waals surface area contributed by atoms with Gasteiger partial charge in [-0.05, 0) is 37.8 Å². The van der Waals surface area contributed by atoms with Crippen LogP contribution < -0.4 is 10.6 Å². The van der Waals surface area contributed by atoms with Gasteiger partial charge in [0, 0.05) is 31.5 Å². The maximum atomic E-state index is 4.76. The second kappa shape index (κ2) is 11.1. The summed E-state index contributed by atoms with van der Waals surface area (Å²) >= 11 is 0. The zero-order valence-electron chi connectivity index (χ0n) is 17.4. The molecule has 0 saturated carbocycles. The van der Waals surface area contributed by atoms with Crippen LogP contribution in [0.3, 0.4) is 0 Å². The van der Waals surface area contributed by atoms with Crippen LogP contribution in [0.5, 0.6) is 0 Å². The summed E-state index contributed by atoms with van der Waals surface area (Å²) in [6.45, 7) is 6.47. The summed E-state index contributed by atoms with van der Waals surface area (Å²) in [5.74, 6) is 1.80. The van der Waals surface area contributed by atoms with E-state index in [0.717, 1.165) is 37.7 Å². The summed E-state index contributed by atoms with van der Waals surface area (Å²) in [4.78, 5) is 9.26. The van der Waals surface area contributed by atoms with Gasteiger partial charge in [0.05, 0.1) is 0 Å². The van der Waals surface area contributed by atoms with Crippen LogP contribution in [0.15, 0.2) is 78.0 Å². The van der Waals surface area contributed by atoms with Crippen LogP contribution in [0.1, 0.15) is 37.2 Å². The fraction of sp³-hybridized carbons (Fsp3) is 0.333. The number of aliphatic imine (C=N–C) groups is 1. The van der Waals surface area contributed by atoms with Crippen molar-refractivity contribution in [3.05, 3.63) is 90.0 Å². The fourth-order valence-corrected chi connectivity index (χ4v) is 3.22. The number of aromatic nitrogens is 2. The fourth-order valence-electron chi connectivity index (χ4n) is 3.22. The molecule has 0 aliphatic heterocycles. The Balaban J connectivity index is 1.57. The minimum Gasteiger partial charge on any atom is -0.357 e. The van der Waals surface area contributed by atoms with E-state index in [1.54, 1.807) is 0 Å². The first-order valence-corrected chi connectivity index (χ1v) is 10.4. The van der Waals surface area contributed by atoms with Crippen molar-refractivity contribution in [3.8, 4) is 0 Å². The van der Waals surface area contributed by atoms with E-state index in [-0.39, 0.29) is 0 Å². The van der Waals surface area contributed by atoms with E-state index in [1.807, 2.05) is 18.5 Å². The third kappa shape index (κ3) is 6.79. The van der Waals surface area contributed by atoms with E-state index in [2.05, 4.69) is 88.6 Å². The molecule has 0 amide bonds. The van der Waals surface area contributed by atoms with Crippen molar-refractivity contribution in [2.75, 3.05) is 6.54 Å². The summed E-state index contributed by atoms with van der Waals surface area (Å²) in [7, 11) is 0. The van der Waals surface area contributed by atoms with Crippen LogP contribution in [0.4, 0.5) is 0 Å². The molecular formula is C24H31N5. The molecule has 0 radical (unpaired) electrons. The summed E-state index contributed by atoms with van der Waals surface area (Å²) < 4.78 is 2.15. The lowest BCUT2D eigenvalue weighted by Gasteiger charge is -2.18. The van der Waals surface area contributed by atoms with E-state index in [9.17, 15) is 0 Å². The predicted molar refractivity (Wildman–Crippen MR) is 120 cm³/mol. The normalized spacial score (nSPS) is 12.6. The monoisotopic (exact) mass is 389 g/mol. The first-order chi connectivity index (χ1) is 14.2. The van der Waals surface area contributed by atoms with Gasteiger partial charge in [-0.3, -0.25) is 0 Å². The number of aryl methyl sites for hydroxylation is 1. The number of imidazole rings is 1. The molecule has 1 aromatic heterocycles. The molecule has 0 aliphatic carbocycles. The molecule has 5 heteroatoms. The molecular weight excluding hydrogens is 358 g/mol. The van der Waals surface area contributed by atoms with Gasteiger partial charge in [0.15, 0.2) is 5.96 Å². The van der Waals surface area contributed by atoms with Gasteiger partial charge in [0.25, 0.3) is 0 Å². The second-order valence-corrected chi connectivity index (χ2v) is 7.22. The molecule has 3 aromatic rings. The Kier molecular flexibility index (Phi) is 7.87. The number of rotatable bonds is 9. The highest BCUT2D eigenvalue weighted by Crippen LogP contribution is 2.07. The molecule has 0 fully saturated rings. The smallest absolute Gasteiger partial charge is 0.191 e. The van der Waals surface area contributed by atoms with Crippen molar-refractivity contribution in [1.82, 2.24) is 20.2 Å². The summed E-state index contributed by atoms with van der Waals surface area (Å²) in [5, 5.41) is 6.87. The largest absolute Gasteiger partial charge is 0.357 e. The molecule has 1 heterocycles. The van der Waals surface area contributed by atoms with Gasteiger partial charge >= 0.3 is 0 Å². The van der Waals surface area contributed by atoms with Gasteiger partial charge in [0.2, 0.25) is 0 Å². The van der Waals surface area contributed by atoms with Crippen molar-refractivity contribution < 1.29 is 0 Å². The Morgan fingerprint density at radius 2 is 1.72 bits per heavy atom. The summed E-state index contributed by atoms with van der Waals surface area (Å²) in [6, 6.07) is 21.4. The predicted octanol–water partition coefficient (Wildman–Crippen LogP) is 4.01. The van der Waals surface area contributed by atoms with Crippen LogP contribution in [0, 0.1) is 0 Å². The molecule has 0 saturated heterocycles. The molecule has 2 N–H and O–H groups in total. The zero-order valence-corrected chi connectivity index (χ0v) is 17.4. The minimum atomic E-state index is 0.331. The van der Waals surface area contributed by atoms with Gasteiger partial charge in [-0.1, -0.05) is 60.7 Å². The van der Waals surface area contributed by atoms with Crippen molar-refractivity contribution in [1.29, 1.82) is 0 Å². The van der Waals surface area contributed by atoms with E-state index in [0.29, 0.717) is 12.6 Å². The Hall–Kier alpha value is -3.08. The van der Waals surface area contributed by atoms with E-state index in [4.69, 9.17) is 4.99 Å². The summed E-state index contributed by atoms with van der Waals surface area (Å²) in [5.41, 5.74) is 2.63. The maximum absolute atomic E-state index is 4.76. The maximum Gasteiger partial charge on any atom is 0.191 e. The Labute approximate surface area is 173 Å². The summed E-state index contributed by atoms with van der Waals surface area (Å²) in [6.07, 6.45) is 5.96. The molecule has 5 nitrogen and oxygen atoms in total. The Bertz CT molecular complexity index is 871. The SMILES string of the molecule is CCNC(=NCc1nccn1Cc1ccccc1)NC(C)CCc1ccccc1. The number of nitrogens with zero attached hydrogens (tertiary/aromatic N) is 3. The van der Waals surface area contributed by atoms with E-state index in [1.165, 1.54) is 11.1 Å². The number of benzene rings is 2. The lowest BCUT2D eigenvalue weighted by molar-refractivity contribution is 0.592. The van der Waals surface area contributed by atoms with Crippen LogP contribution in [-0.2, 0) is 19.5 Å². The number of guanidine groups is 1. The first-order valence-electron chi connectivity index (χ1n) is 10.4. The van der Waals surface area contributed by atoms with Crippen LogP contribution >= 0.6 is 0 Å². The molecule has 2 aromatic carbocycles. The topological polar surface area (TPSA) is 54.2 Å². The van der Waals surface area contributed by atoms with Crippen LogP contribution in [0.25, 0.3) is 0 Å². The Morgan fingerprint density at radius 3 is 2.41 bits per heavy atom. The lowest BCUT2D eigenvalue weighted by Crippen LogP contribution is -2.42. The third-order valence-electron chi connectivity index (χ3n) is 4.81. The highest BCUT2D eigenvalue weighted by Gasteiger charge is 2.07. The Morgan fingerprint density at radius 1 is 1.03 bits per heavy atom. The van der Waals surface area contributed by atoms with Crippen molar-refractivity contribution in [3.63, 3.8) is 0 Å². The molecule has 29 heavy (non-hydrogen) atoms. The van der Waals surface area contributed by atoms with Gasteiger partial charge in [0.1, 0.15) is 12.4 Å². The van der Waals surface area contributed by atoms with Crippen molar-refractivity contribution in [2.24, 2.45) is 4.99 Å². The van der Waals surface area contributed by atoms with Crippen LogP contribution in [0.2, 0.25) is 0 Å².